The summed E-state index contributed by atoms with van der Waals surface area (Å²) in [7, 11) is -3.68. The summed E-state index contributed by atoms with van der Waals surface area (Å²) in [5, 5.41) is 9.36. The third-order valence-corrected chi connectivity index (χ3v) is 4.83. The van der Waals surface area contributed by atoms with E-state index in [1.165, 1.54) is 6.07 Å². The molecular weight excluding hydrogens is 298 g/mol. The molecule has 0 atom stereocenters. The lowest BCUT2D eigenvalue weighted by molar-refractivity contribution is 0.282. The molecule has 0 fully saturated rings. The normalized spacial score (nSPS) is 11.3. The van der Waals surface area contributed by atoms with Crippen LogP contribution >= 0.6 is 11.6 Å². The fourth-order valence-electron chi connectivity index (χ4n) is 1.77. The number of nitrogens with one attached hydrogen (secondary N) is 1. The van der Waals surface area contributed by atoms with E-state index in [9.17, 15) is 8.42 Å². The van der Waals surface area contributed by atoms with Gasteiger partial charge in [-0.15, -0.1) is 0 Å². The molecule has 0 amide bonds. The van der Waals surface area contributed by atoms with Crippen molar-refractivity contribution in [1.82, 2.24) is 0 Å². The van der Waals surface area contributed by atoms with Gasteiger partial charge in [0.1, 0.15) is 0 Å². The Labute approximate surface area is 123 Å². The standard InChI is InChI=1S/C14H14ClNO3S/c1-10-13(15)3-2-4-14(10)20(18,19)16-12-7-5-11(9-17)6-8-12/h2-8,16-17H,9H2,1H3. The van der Waals surface area contributed by atoms with Gasteiger partial charge in [0.2, 0.25) is 0 Å². The van der Waals surface area contributed by atoms with Crippen LogP contribution in [-0.2, 0) is 16.6 Å². The summed E-state index contributed by atoms with van der Waals surface area (Å²) in [6.45, 7) is 1.58. The highest BCUT2D eigenvalue weighted by Gasteiger charge is 2.18. The summed E-state index contributed by atoms with van der Waals surface area (Å²) >= 11 is 5.94. The minimum Gasteiger partial charge on any atom is -0.392 e. The Bertz CT molecular complexity index is 712. The van der Waals surface area contributed by atoms with E-state index >= 15 is 0 Å². The molecule has 106 valence electrons. The Morgan fingerprint density at radius 3 is 2.40 bits per heavy atom. The third-order valence-electron chi connectivity index (χ3n) is 2.90. The molecule has 20 heavy (non-hydrogen) atoms. The minimum absolute atomic E-state index is 0.0829. The van der Waals surface area contributed by atoms with Crippen LogP contribution in [0.1, 0.15) is 11.1 Å². The van der Waals surface area contributed by atoms with Gasteiger partial charge in [0.15, 0.2) is 0 Å². The highest BCUT2D eigenvalue weighted by Crippen LogP contribution is 2.24. The van der Waals surface area contributed by atoms with Gasteiger partial charge in [0.25, 0.3) is 10.0 Å². The van der Waals surface area contributed by atoms with E-state index in [1.807, 2.05) is 0 Å². The second kappa shape index (κ2) is 5.83. The van der Waals surface area contributed by atoms with E-state index in [0.717, 1.165) is 0 Å². The quantitative estimate of drug-likeness (QED) is 0.912. The van der Waals surface area contributed by atoms with Crippen molar-refractivity contribution in [1.29, 1.82) is 0 Å². The molecule has 2 aromatic carbocycles. The summed E-state index contributed by atoms with van der Waals surface area (Å²) in [6, 6.07) is 11.3. The molecule has 0 saturated heterocycles. The SMILES string of the molecule is Cc1c(Cl)cccc1S(=O)(=O)Nc1ccc(CO)cc1. The lowest BCUT2D eigenvalue weighted by atomic mass is 10.2. The van der Waals surface area contributed by atoms with Crippen LogP contribution in [0.2, 0.25) is 5.02 Å². The van der Waals surface area contributed by atoms with Crippen molar-refractivity contribution < 1.29 is 13.5 Å². The van der Waals surface area contributed by atoms with Gasteiger partial charge in [0.05, 0.1) is 11.5 Å². The first-order valence-electron chi connectivity index (χ1n) is 5.92. The Morgan fingerprint density at radius 1 is 1.15 bits per heavy atom. The average Bonchev–Trinajstić information content (AvgIpc) is 2.42. The van der Waals surface area contributed by atoms with E-state index in [-0.39, 0.29) is 11.5 Å². The number of hydrogen-bond acceptors (Lipinski definition) is 3. The fourth-order valence-corrected chi connectivity index (χ4v) is 3.32. The second-order valence-electron chi connectivity index (χ2n) is 4.32. The molecule has 0 saturated carbocycles. The van der Waals surface area contributed by atoms with E-state index in [1.54, 1.807) is 43.3 Å². The minimum atomic E-state index is -3.68. The molecule has 0 heterocycles. The lowest BCUT2D eigenvalue weighted by Crippen LogP contribution is -2.14. The van der Waals surface area contributed by atoms with E-state index in [2.05, 4.69) is 4.72 Å². The number of aliphatic hydroxyl groups excluding tert-OH is 1. The van der Waals surface area contributed by atoms with Crippen LogP contribution in [-0.4, -0.2) is 13.5 Å². The van der Waals surface area contributed by atoms with Crippen molar-refractivity contribution in [3.05, 3.63) is 58.6 Å². The Morgan fingerprint density at radius 2 is 1.80 bits per heavy atom. The number of rotatable bonds is 4. The molecule has 0 aromatic heterocycles. The van der Waals surface area contributed by atoms with Crippen LogP contribution in [0.15, 0.2) is 47.4 Å². The Hall–Kier alpha value is -1.56. The van der Waals surface area contributed by atoms with Crippen molar-refractivity contribution in [3.8, 4) is 0 Å². The smallest absolute Gasteiger partial charge is 0.262 e. The molecule has 0 radical (unpaired) electrons. The number of anilines is 1. The molecule has 0 aliphatic carbocycles. The predicted molar refractivity (Wildman–Crippen MR) is 79.4 cm³/mol. The number of hydrogen-bond donors (Lipinski definition) is 2. The molecule has 0 aliphatic rings. The Kier molecular flexibility index (Phi) is 4.32. The average molecular weight is 312 g/mol. The van der Waals surface area contributed by atoms with Gasteiger partial charge >= 0.3 is 0 Å². The predicted octanol–water partition coefficient (Wildman–Crippen LogP) is 2.94. The Balaban J connectivity index is 2.33. The first-order chi connectivity index (χ1) is 9.44. The summed E-state index contributed by atoms with van der Waals surface area (Å²) in [4.78, 5) is 0.149. The van der Waals surface area contributed by atoms with E-state index in [0.29, 0.717) is 21.8 Å². The lowest BCUT2D eigenvalue weighted by Gasteiger charge is -2.11. The number of benzene rings is 2. The molecule has 0 bridgehead atoms. The number of aliphatic hydroxyl groups is 1. The topological polar surface area (TPSA) is 66.4 Å². The van der Waals surface area contributed by atoms with Crippen LogP contribution in [0.25, 0.3) is 0 Å². The van der Waals surface area contributed by atoms with Gasteiger partial charge in [-0.1, -0.05) is 29.8 Å². The summed E-state index contributed by atoms with van der Waals surface area (Å²) in [5.41, 5.74) is 1.65. The number of halogens is 1. The first kappa shape index (κ1) is 14.8. The van der Waals surface area contributed by atoms with Gasteiger partial charge in [-0.3, -0.25) is 4.72 Å². The van der Waals surface area contributed by atoms with Crippen LogP contribution in [0, 0.1) is 6.92 Å². The van der Waals surface area contributed by atoms with Gasteiger partial charge in [-0.05, 0) is 42.3 Å². The van der Waals surface area contributed by atoms with Crippen LogP contribution in [0.3, 0.4) is 0 Å². The molecule has 6 heteroatoms. The maximum Gasteiger partial charge on any atom is 0.262 e. The molecule has 0 aliphatic heterocycles. The molecule has 4 nitrogen and oxygen atoms in total. The zero-order chi connectivity index (χ0) is 14.8. The molecule has 2 N–H and O–H groups in total. The van der Waals surface area contributed by atoms with E-state index in [4.69, 9.17) is 16.7 Å². The second-order valence-corrected chi connectivity index (χ2v) is 6.38. The largest absolute Gasteiger partial charge is 0.392 e. The fraction of sp³-hybridized carbons (Fsp3) is 0.143. The van der Waals surface area contributed by atoms with Crippen molar-refractivity contribution in [2.45, 2.75) is 18.4 Å². The van der Waals surface area contributed by atoms with Crippen LogP contribution in [0.4, 0.5) is 5.69 Å². The van der Waals surface area contributed by atoms with E-state index < -0.39 is 10.0 Å². The maximum absolute atomic E-state index is 12.3. The van der Waals surface area contributed by atoms with Crippen molar-refractivity contribution in [2.24, 2.45) is 0 Å². The molecule has 0 unspecified atom stereocenters. The van der Waals surface area contributed by atoms with Gasteiger partial charge in [-0.2, -0.15) is 0 Å². The zero-order valence-corrected chi connectivity index (χ0v) is 12.4. The molecule has 2 aromatic rings. The molecule has 2 rings (SSSR count). The summed E-state index contributed by atoms with van der Waals surface area (Å²) in [6.07, 6.45) is 0. The van der Waals surface area contributed by atoms with Gasteiger partial charge in [-0.25, -0.2) is 8.42 Å². The van der Waals surface area contributed by atoms with Crippen LogP contribution < -0.4 is 4.72 Å². The first-order valence-corrected chi connectivity index (χ1v) is 7.78. The van der Waals surface area contributed by atoms with Gasteiger partial charge < -0.3 is 5.11 Å². The highest BCUT2D eigenvalue weighted by atomic mass is 35.5. The highest BCUT2D eigenvalue weighted by molar-refractivity contribution is 7.92. The molecular formula is C14H14ClNO3S. The maximum atomic E-state index is 12.3. The monoisotopic (exact) mass is 311 g/mol. The number of sulfonamides is 1. The third kappa shape index (κ3) is 3.12. The molecule has 0 spiro atoms. The van der Waals surface area contributed by atoms with Crippen molar-refractivity contribution in [3.63, 3.8) is 0 Å². The van der Waals surface area contributed by atoms with Gasteiger partial charge in [0, 0.05) is 10.7 Å². The summed E-state index contributed by atoms with van der Waals surface area (Å²) < 4.78 is 27.1. The van der Waals surface area contributed by atoms with Crippen LogP contribution in [0.5, 0.6) is 0 Å². The zero-order valence-electron chi connectivity index (χ0n) is 10.8. The van der Waals surface area contributed by atoms with Crippen molar-refractivity contribution in [2.75, 3.05) is 4.72 Å². The van der Waals surface area contributed by atoms with Crippen molar-refractivity contribution >= 4 is 27.3 Å². The summed E-state index contributed by atoms with van der Waals surface area (Å²) in [5.74, 6) is 0.